The lowest BCUT2D eigenvalue weighted by Gasteiger charge is -2.06. The molecule has 1 aliphatic heterocycles. The molecule has 2 heterocycles. The van der Waals surface area contributed by atoms with Gasteiger partial charge < -0.3 is 10.6 Å². The molecule has 0 spiro atoms. The molecule has 1 aliphatic rings. The Kier molecular flexibility index (Phi) is 2.37. The van der Waals surface area contributed by atoms with Crippen molar-refractivity contribution in [2.75, 3.05) is 10.6 Å². The number of benzene rings is 1. The number of thiophene rings is 1. The van der Waals surface area contributed by atoms with Crippen LogP contribution in [0.4, 0.5) is 16.4 Å². The van der Waals surface area contributed by atoms with Gasteiger partial charge in [0.15, 0.2) is 0 Å². The van der Waals surface area contributed by atoms with Crippen LogP contribution in [0.15, 0.2) is 30.3 Å². The van der Waals surface area contributed by atoms with Crippen LogP contribution in [-0.2, 0) is 6.42 Å². The van der Waals surface area contributed by atoms with Crippen LogP contribution in [0.2, 0.25) is 0 Å². The van der Waals surface area contributed by atoms with Gasteiger partial charge in [-0.25, -0.2) is 0 Å². The van der Waals surface area contributed by atoms with Gasteiger partial charge in [-0.1, -0.05) is 19.1 Å². The van der Waals surface area contributed by atoms with E-state index in [2.05, 4.69) is 17.6 Å². The average molecular weight is 244 g/mol. The molecule has 0 atom stereocenters. The Bertz CT molecular complexity index is 589. The van der Waals surface area contributed by atoms with E-state index >= 15 is 0 Å². The third-order valence-corrected chi connectivity index (χ3v) is 3.99. The summed E-state index contributed by atoms with van der Waals surface area (Å²) < 4.78 is 0. The number of carbonyl (C=O) groups excluding carboxylic acids is 1. The molecule has 0 fully saturated rings. The molecule has 3 nitrogen and oxygen atoms in total. The summed E-state index contributed by atoms with van der Waals surface area (Å²) in [6, 6.07) is 9.71. The molecule has 2 aromatic rings. The lowest BCUT2D eigenvalue weighted by molar-refractivity contribution is 0.102. The topological polar surface area (TPSA) is 41.1 Å². The van der Waals surface area contributed by atoms with Crippen LogP contribution in [-0.4, -0.2) is 5.91 Å². The molecule has 2 N–H and O–H groups in total. The number of fused-ring (bicyclic) bond motifs is 2. The molecule has 4 heteroatoms. The Morgan fingerprint density at radius 3 is 2.59 bits per heavy atom. The van der Waals surface area contributed by atoms with E-state index in [1.807, 2.05) is 30.3 Å². The Morgan fingerprint density at radius 2 is 1.88 bits per heavy atom. The van der Waals surface area contributed by atoms with Crippen LogP contribution in [0.1, 0.15) is 22.2 Å². The number of amides is 1. The largest absolute Gasteiger partial charge is 0.345 e. The molecule has 0 bridgehead atoms. The van der Waals surface area contributed by atoms with Gasteiger partial charge in [0.1, 0.15) is 5.00 Å². The Hall–Kier alpha value is -1.81. The second-order valence-electron chi connectivity index (χ2n) is 3.93. The maximum Gasteiger partial charge on any atom is 0.258 e. The van der Waals surface area contributed by atoms with Gasteiger partial charge in [0.05, 0.1) is 16.9 Å². The first-order valence-electron chi connectivity index (χ1n) is 5.58. The van der Waals surface area contributed by atoms with E-state index in [0.29, 0.717) is 0 Å². The molecule has 1 aromatic heterocycles. The summed E-state index contributed by atoms with van der Waals surface area (Å²) in [5.41, 5.74) is 2.52. The molecular weight excluding hydrogens is 232 g/mol. The number of rotatable bonds is 1. The van der Waals surface area contributed by atoms with Crippen molar-refractivity contribution in [1.82, 2.24) is 0 Å². The summed E-state index contributed by atoms with van der Waals surface area (Å²) in [4.78, 5) is 13.3. The molecule has 0 unspecified atom stereocenters. The molecule has 1 amide bonds. The van der Waals surface area contributed by atoms with Gasteiger partial charge in [-0.3, -0.25) is 4.79 Å². The predicted molar refractivity (Wildman–Crippen MR) is 71.4 cm³/mol. The molecule has 0 saturated heterocycles. The van der Waals surface area contributed by atoms with Crippen molar-refractivity contribution >= 4 is 33.6 Å². The second-order valence-corrected chi connectivity index (χ2v) is 5.07. The fraction of sp³-hybridized carbons (Fsp3) is 0.154. The van der Waals surface area contributed by atoms with Gasteiger partial charge >= 0.3 is 0 Å². The maximum atomic E-state index is 12.1. The number of hydrogen-bond donors (Lipinski definition) is 2. The predicted octanol–water partition coefficient (Wildman–Crippen LogP) is 3.62. The first-order chi connectivity index (χ1) is 8.28. The van der Waals surface area contributed by atoms with Crippen molar-refractivity contribution in [3.8, 4) is 0 Å². The minimum Gasteiger partial charge on any atom is -0.345 e. The second kappa shape index (κ2) is 3.89. The monoisotopic (exact) mass is 244 g/mol. The van der Waals surface area contributed by atoms with E-state index in [-0.39, 0.29) is 5.91 Å². The van der Waals surface area contributed by atoms with Crippen molar-refractivity contribution in [1.29, 1.82) is 0 Å². The highest BCUT2D eigenvalue weighted by Crippen LogP contribution is 2.37. The van der Waals surface area contributed by atoms with E-state index in [9.17, 15) is 4.79 Å². The van der Waals surface area contributed by atoms with Crippen LogP contribution < -0.4 is 10.6 Å². The Labute approximate surface area is 103 Å². The van der Waals surface area contributed by atoms with E-state index in [4.69, 9.17) is 0 Å². The van der Waals surface area contributed by atoms with E-state index in [1.165, 1.54) is 4.88 Å². The van der Waals surface area contributed by atoms with Gasteiger partial charge in [0.25, 0.3) is 5.91 Å². The first-order valence-corrected chi connectivity index (χ1v) is 6.39. The van der Waals surface area contributed by atoms with Gasteiger partial charge in [-0.15, -0.1) is 11.3 Å². The van der Waals surface area contributed by atoms with E-state index in [0.717, 1.165) is 28.4 Å². The van der Waals surface area contributed by atoms with Gasteiger partial charge in [-0.2, -0.15) is 0 Å². The molecule has 86 valence electrons. The summed E-state index contributed by atoms with van der Waals surface area (Å²) in [6.45, 7) is 2.09. The summed E-state index contributed by atoms with van der Waals surface area (Å²) >= 11 is 1.64. The van der Waals surface area contributed by atoms with Crippen molar-refractivity contribution in [3.05, 3.63) is 40.8 Å². The fourth-order valence-electron chi connectivity index (χ4n) is 1.89. The first kappa shape index (κ1) is 10.4. The van der Waals surface area contributed by atoms with Crippen molar-refractivity contribution in [3.63, 3.8) is 0 Å². The van der Waals surface area contributed by atoms with E-state index in [1.54, 1.807) is 11.3 Å². The summed E-state index contributed by atoms with van der Waals surface area (Å²) in [5.74, 6) is -0.0339. The lowest BCUT2D eigenvalue weighted by Crippen LogP contribution is -2.09. The smallest absolute Gasteiger partial charge is 0.258 e. The fourth-order valence-corrected chi connectivity index (χ4v) is 2.90. The normalized spacial score (nSPS) is 13.1. The Morgan fingerprint density at radius 1 is 1.18 bits per heavy atom. The molecule has 3 rings (SSSR count). The minimum atomic E-state index is -0.0339. The molecular formula is C13H12N2OS. The van der Waals surface area contributed by atoms with E-state index < -0.39 is 0 Å². The van der Waals surface area contributed by atoms with Crippen molar-refractivity contribution in [2.45, 2.75) is 13.3 Å². The molecule has 0 radical (unpaired) electrons. The summed E-state index contributed by atoms with van der Waals surface area (Å²) in [5, 5.41) is 7.18. The zero-order valence-electron chi connectivity index (χ0n) is 9.41. The highest BCUT2D eigenvalue weighted by Gasteiger charge is 2.20. The average Bonchev–Trinajstić information content (AvgIpc) is 2.69. The number of carbonyl (C=O) groups is 1. The summed E-state index contributed by atoms with van der Waals surface area (Å²) in [6.07, 6.45) is 0.953. The van der Waals surface area contributed by atoms with Crippen LogP contribution >= 0.6 is 11.3 Å². The minimum absolute atomic E-state index is 0.0339. The molecule has 0 saturated carbocycles. The molecule has 17 heavy (non-hydrogen) atoms. The van der Waals surface area contributed by atoms with Gasteiger partial charge in [0, 0.05) is 4.88 Å². The van der Waals surface area contributed by atoms with Crippen LogP contribution in [0.5, 0.6) is 0 Å². The van der Waals surface area contributed by atoms with Crippen LogP contribution in [0.25, 0.3) is 0 Å². The van der Waals surface area contributed by atoms with Gasteiger partial charge in [0.2, 0.25) is 0 Å². The Balaban J connectivity index is 2.12. The zero-order chi connectivity index (χ0) is 11.8. The van der Waals surface area contributed by atoms with Crippen molar-refractivity contribution < 1.29 is 4.79 Å². The number of aryl methyl sites for hydroxylation is 1. The highest BCUT2D eigenvalue weighted by atomic mass is 32.1. The third-order valence-electron chi connectivity index (χ3n) is 2.80. The zero-order valence-corrected chi connectivity index (χ0v) is 10.2. The standard InChI is InChI=1S/C13H12N2OS/c1-2-8-7-9-12(16)14-10-5-3-4-6-11(10)15-13(9)17-8/h3-7,15H,2H2,1H3,(H,14,16). The van der Waals surface area contributed by atoms with Crippen LogP contribution in [0, 0.1) is 0 Å². The van der Waals surface area contributed by atoms with Crippen molar-refractivity contribution in [2.24, 2.45) is 0 Å². The third kappa shape index (κ3) is 1.70. The quantitative estimate of drug-likeness (QED) is 0.804. The summed E-state index contributed by atoms with van der Waals surface area (Å²) in [7, 11) is 0. The maximum absolute atomic E-state index is 12.1. The molecule has 1 aromatic carbocycles. The number of anilines is 3. The number of nitrogens with one attached hydrogen (secondary N) is 2. The highest BCUT2D eigenvalue weighted by molar-refractivity contribution is 7.16. The van der Waals surface area contributed by atoms with Gasteiger partial charge in [-0.05, 0) is 24.6 Å². The molecule has 0 aliphatic carbocycles. The SMILES string of the molecule is CCc1cc2c(s1)Nc1ccccc1NC2=O. The lowest BCUT2D eigenvalue weighted by atomic mass is 10.2. The number of hydrogen-bond acceptors (Lipinski definition) is 3. The number of para-hydroxylation sites is 2. The van der Waals surface area contributed by atoms with Crippen LogP contribution in [0.3, 0.4) is 0 Å².